The highest BCUT2D eigenvalue weighted by Gasteiger charge is 2.33. The molecule has 2 rings (SSSR count). The third-order valence-corrected chi connectivity index (χ3v) is 4.27. The van der Waals surface area contributed by atoms with Gasteiger partial charge in [0.2, 0.25) is 0 Å². The van der Waals surface area contributed by atoms with Gasteiger partial charge in [-0.3, -0.25) is 9.58 Å². The molecule has 1 aromatic heterocycles. The average Bonchev–Trinajstić information content (AvgIpc) is 2.65. The molecule has 1 aliphatic carbocycles. The van der Waals surface area contributed by atoms with E-state index in [4.69, 9.17) is 5.73 Å². The zero-order valence-electron chi connectivity index (χ0n) is 11.6. The summed E-state index contributed by atoms with van der Waals surface area (Å²) >= 11 is 0. The summed E-state index contributed by atoms with van der Waals surface area (Å²) in [5.74, 6) is 0. The van der Waals surface area contributed by atoms with Gasteiger partial charge in [0.15, 0.2) is 0 Å². The van der Waals surface area contributed by atoms with Gasteiger partial charge in [0, 0.05) is 31.9 Å². The van der Waals surface area contributed by atoms with Crippen molar-refractivity contribution in [1.82, 2.24) is 19.9 Å². The summed E-state index contributed by atoms with van der Waals surface area (Å²) in [6, 6.07) is 0. The lowest BCUT2D eigenvalue weighted by Crippen LogP contribution is -2.51. The number of hydrogen-bond donors (Lipinski definition) is 1. The minimum Gasteiger partial charge on any atom is -0.329 e. The van der Waals surface area contributed by atoms with E-state index in [1.165, 1.54) is 38.5 Å². The fourth-order valence-corrected chi connectivity index (χ4v) is 3.01. The van der Waals surface area contributed by atoms with Gasteiger partial charge in [0.1, 0.15) is 0 Å². The molecular formula is C13H25N5. The van der Waals surface area contributed by atoms with Crippen molar-refractivity contribution < 1.29 is 0 Å². The number of rotatable bonds is 4. The van der Waals surface area contributed by atoms with Gasteiger partial charge >= 0.3 is 0 Å². The van der Waals surface area contributed by atoms with E-state index in [-0.39, 0.29) is 5.54 Å². The van der Waals surface area contributed by atoms with Crippen molar-refractivity contribution in [2.45, 2.75) is 50.6 Å². The number of hydrogen-bond acceptors (Lipinski definition) is 4. The molecule has 0 aromatic carbocycles. The summed E-state index contributed by atoms with van der Waals surface area (Å²) in [5.41, 5.74) is 7.27. The van der Waals surface area contributed by atoms with Gasteiger partial charge < -0.3 is 5.73 Å². The predicted molar refractivity (Wildman–Crippen MR) is 72.0 cm³/mol. The topological polar surface area (TPSA) is 60.0 Å². The predicted octanol–water partition coefficient (Wildman–Crippen LogP) is 1.30. The molecule has 1 aromatic rings. The molecule has 0 unspecified atom stereocenters. The molecular weight excluding hydrogens is 226 g/mol. The van der Waals surface area contributed by atoms with Crippen LogP contribution in [0.3, 0.4) is 0 Å². The van der Waals surface area contributed by atoms with Crippen LogP contribution in [0.4, 0.5) is 0 Å². The van der Waals surface area contributed by atoms with Crippen molar-refractivity contribution in [3.8, 4) is 0 Å². The van der Waals surface area contributed by atoms with Crippen LogP contribution in [0.15, 0.2) is 6.20 Å². The van der Waals surface area contributed by atoms with Gasteiger partial charge in [0.25, 0.3) is 0 Å². The van der Waals surface area contributed by atoms with E-state index in [1.807, 2.05) is 13.2 Å². The summed E-state index contributed by atoms with van der Waals surface area (Å²) in [6.07, 6.45) is 9.68. The van der Waals surface area contributed by atoms with Crippen LogP contribution >= 0.6 is 0 Å². The minimum absolute atomic E-state index is 0.161. The Balaban J connectivity index is 2.06. The van der Waals surface area contributed by atoms with Crippen molar-refractivity contribution in [3.63, 3.8) is 0 Å². The number of nitrogens with two attached hydrogens (primary N) is 1. The first-order chi connectivity index (χ1) is 8.66. The molecule has 0 aliphatic heterocycles. The Labute approximate surface area is 109 Å². The van der Waals surface area contributed by atoms with E-state index in [0.717, 1.165) is 18.8 Å². The lowest BCUT2D eigenvalue weighted by atomic mass is 9.88. The Hall–Kier alpha value is -0.940. The first kappa shape index (κ1) is 13.5. The molecule has 0 saturated heterocycles. The molecule has 0 spiro atoms. The van der Waals surface area contributed by atoms with Crippen LogP contribution in [0, 0.1) is 0 Å². The third-order valence-electron chi connectivity index (χ3n) is 4.27. The van der Waals surface area contributed by atoms with Crippen LogP contribution in [0.2, 0.25) is 0 Å². The van der Waals surface area contributed by atoms with E-state index in [0.29, 0.717) is 0 Å². The van der Waals surface area contributed by atoms with Gasteiger partial charge in [-0.25, -0.2) is 0 Å². The molecule has 102 valence electrons. The summed E-state index contributed by atoms with van der Waals surface area (Å²) in [6.45, 7) is 1.58. The Morgan fingerprint density at radius 2 is 2.00 bits per heavy atom. The van der Waals surface area contributed by atoms with E-state index in [1.54, 1.807) is 4.68 Å². The fraction of sp³-hybridized carbons (Fsp3) is 0.846. The van der Waals surface area contributed by atoms with Gasteiger partial charge in [-0.1, -0.05) is 30.9 Å². The fourth-order valence-electron chi connectivity index (χ4n) is 3.01. The quantitative estimate of drug-likeness (QED) is 0.819. The SMILES string of the molecule is CN(Cc1cn(C)nn1)C1(CN)CCCCCC1. The van der Waals surface area contributed by atoms with Gasteiger partial charge in [-0.15, -0.1) is 5.10 Å². The van der Waals surface area contributed by atoms with E-state index < -0.39 is 0 Å². The second kappa shape index (κ2) is 5.80. The summed E-state index contributed by atoms with van der Waals surface area (Å²) in [5, 5.41) is 8.16. The highest BCUT2D eigenvalue weighted by Crippen LogP contribution is 2.31. The normalized spacial score (nSPS) is 20.0. The van der Waals surface area contributed by atoms with Gasteiger partial charge in [0.05, 0.1) is 5.69 Å². The molecule has 18 heavy (non-hydrogen) atoms. The minimum atomic E-state index is 0.161. The smallest absolute Gasteiger partial charge is 0.0967 e. The van der Waals surface area contributed by atoms with Crippen LogP contribution in [0.5, 0.6) is 0 Å². The largest absolute Gasteiger partial charge is 0.329 e. The van der Waals surface area contributed by atoms with Crippen LogP contribution in [0.1, 0.15) is 44.2 Å². The maximum absolute atomic E-state index is 6.08. The molecule has 0 atom stereocenters. The van der Waals surface area contributed by atoms with Crippen molar-refractivity contribution in [1.29, 1.82) is 0 Å². The average molecular weight is 251 g/mol. The second-order valence-electron chi connectivity index (χ2n) is 5.58. The van der Waals surface area contributed by atoms with Gasteiger partial charge in [-0.05, 0) is 19.9 Å². The molecule has 0 amide bonds. The maximum Gasteiger partial charge on any atom is 0.0967 e. The van der Waals surface area contributed by atoms with Crippen LogP contribution in [-0.2, 0) is 13.6 Å². The summed E-state index contributed by atoms with van der Waals surface area (Å²) in [7, 11) is 4.08. The van der Waals surface area contributed by atoms with Crippen molar-refractivity contribution in [3.05, 3.63) is 11.9 Å². The Morgan fingerprint density at radius 3 is 2.50 bits per heavy atom. The molecule has 1 heterocycles. The van der Waals surface area contributed by atoms with E-state index >= 15 is 0 Å². The van der Waals surface area contributed by atoms with E-state index in [2.05, 4.69) is 22.3 Å². The first-order valence-electron chi connectivity index (χ1n) is 6.93. The highest BCUT2D eigenvalue weighted by molar-refractivity contribution is 4.97. The van der Waals surface area contributed by atoms with Crippen LogP contribution in [0.25, 0.3) is 0 Å². The lowest BCUT2D eigenvalue weighted by molar-refractivity contribution is 0.0983. The number of aromatic nitrogens is 3. The standard InChI is InChI=1S/C13H25N5/c1-17(9-12-10-18(2)16-15-12)13(11-14)7-5-3-4-6-8-13/h10H,3-9,11,14H2,1-2H3. The van der Waals surface area contributed by atoms with Crippen molar-refractivity contribution in [2.75, 3.05) is 13.6 Å². The molecule has 1 saturated carbocycles. The molecule has 5 nitrogen and oxygen atoms in total. The second-order valence-corrected chi connectivity index (χ2v) is 5.58. The van der Waals surface area contributed by atoms with Crippen LogP contribution < -0.4 is 5.73 Å². The number of aryl methyl sites for hydroxylation is 1. The summed E-state index contributed by atoms with van der Waals surface area (Å²) in [4.78, 5) is 2.39. The Kier molecular flexibility index (Phi) is 4.35. The molecule has 5 heteroatoms. The third kappa shape index (κ3) is 2.90. The van der Waals surface area contributed by atoms with Crippen molar-refractivity contribution in [2.24, 2.45) is 12.8 Å². The lowest BCUT2D eigenvalue weighted by Gasteiger charge is -2.40. The first-order valence-corrected chi connectivity index (χ1v) is 6.93. The van der Waals surface area contributed by atoms with Crippen molar-refractivity contribution >= 4 is 0 Å². The van der Waals surface area contributed by atoms with E-state index in [9.17, 15) is 0 Å². The molecule has 1 fully saturated rings. The van der Waals surface area contributed by atoms with Crippen LogP contribution in [-0.4, -0.2) is 39.0 Å². The zero-order valence-corrected chi connectivity index (χ0v) is 11.6. The maximum atomic E-state index is 6.08. The number of likely N-dealkylation sites (N-methyl/N-ethyl adjacent to an activating group) is 1. The monoisotopic (exact) mass is 251 g/mol. The molecule has 0 bridgehead atoms. The van der Waals surface area contributed by atoms with Gasteiger partial charge in [-0.2, -0.15) is 0 Å². The number of nitrogens with zero attached hydrogens (tertiary/aromatic N) is 4. The Morgan fingerprint density at radius 1 is 1.33 bits per heavy atom. The Bertz CT molecular complexity index is 365. The molecule has 0 radical (unpaired) electrons. The molecule has 2 N–H and O–H groups in total. The summed E-state index contributed by atoms with van der Waals surface area (Å²) < 4.78 is 1.76. The highest BCUT2D eigenvalue weighted by atomic mass is 15.4. The zero-order chi connectivity index (χ0) is 13.0. The molecule has 1 aliphatic rings.